The summed E-state index contributed by atoms with van der Waals surface area (Å²) in [5.41, 5.74) is 1.16. The molecular formula is C19H30N2O3. The second-order valence-corrected chi connectivity index (χ2v) is 6.86. The maximum absolute atomic E-state index is 12.6. The van der Waals surface area contributed by atoms with E-state index in [0.717, 1.165) is 24.2 Å². The fraction of sp³-hybridized carbons (Fsp3) is 0.632. The third-order valence-corrected chi connectivity index (χ3v) is 5.21. The van der Waals surface area contributed by atoms with Crippen molar-refractivity contribution < 1.29 is 14.3 Å². The molecule has 0 radical (unpaired) electrons. The van der Waals surface area contributed by atoms with Crippen LogP contribution in [-0.4, -0.2) is 45.3 Å². The topological polar surface area (TPSA) is 50.8 Å². The molecule has 1 fully saturated rings. The standard InChI is InChI=1S/C19H30N2O3/c1-15(16-8-7-9-17(12-16)24-4)21(2)18(22)20-13-19(14-23-3)10-5-6-11-19/h7-9,12,15H,5-6,10-11,13-14H2,1-4H3,(H,20,22). The van der Waals surface area contributed by atoms with E-state index in [9.17, 15) is 4.79 Å². The van der Waals surface area contributed by atoms with E-state index in [0.29, 0.717) is 13.2 Å². The van der Waals surface area contributed by atoms with Crippen LogP contribution in [0.15, 0.2) is 24.3 Å². The van der Waals surface area contributed by atoms with Crippen LogP contribution in [-0.2, 0) is 4.74 Å². The Balaban J connectivity index is 1.95. The molecule has 2 amide bonds. The lowest BCUT2D eigenvalue weighted by Crippen LogP contribution is -2.44. The molecule has 1 aromatic rings. The van der Waals surface area contributed by atoms with Crippen LogP contribution in [0.3, 0.4) is 0 Å². The molecule has 0 bridgehead atoms. The monoisotopic (exact) mass is 334 g/mol. The summed E-state index contributed by atoms with van der Waals surface area (Å²) in [6, 6.07) is 7.76. The molecule has 1 unspecified atom stereocenters. The molecule has 1 atom stereocenters. The van der Waals surface area contributed by atoms with Gasteiger partial charge in [-0.3, -0.25) is 0 Å². The molecule has 1 saturated carbocycles. The highest BCUT2D eigenvalue weighted by Crippen LogP contribution is 2.37. The molecule has 0 spiro atoms. The van der Waals surface area contributed by atoms with Crippen molar-refractivity contribution in [2.75, 3.05) is 34.4 Å². The Morgan fingerprint density at radius 3 is 2.67 bits per heavy atom. The number of nitrogens with one attached hydrogen (secondary N) is 1. The van der Waals surface area contributed by atoms with Crippen molar-refractivity contribution in [2.24, 2.45) is 5.41 Å². The number of carbonyl (C=O) groups excluding carboxylic acids is 1. The van der Waals surface area contributed by atoms with Gasteiger partial charge in [-0.1, -0.05) is 25.0 Å². The van der Waals surface area contributed by atoms with Gasteiger partial charge in [-0.2, -0.15) is 0 Å². The Morgan fingerprint density at radius 2 is 2.04 bits per heavy atom. The highest BCUT2D eigenvalue weighted by Gasteiger charge is 2.34. The van der Waals surface area contributed by atoms with Gasteiger partial charge in [0.25, 0.3) is 0 Å². The van der Waals surface area contributed by atoms with Gasteiger partial charge in [0.15, 0.2) is 0 Å². The molecule has 0 heterocycles. The van der Waals surface area contributed by atoms with Crippen LogP contribution in [0.1, 0.15) is 44.2 Å². The Hall–Kier alpha value is -1.75. The second-order valence-electron chi connectivity index (χ2n) is 6.86. The maximum Gasteiger partial charge on any atom is 0.317 e. The minimum absolute atomic E-state index is 0.0259. The first kappa shape index (κ1) is 18.6. The fourth-order valence-electron chi connectivity index (χ4n) is 3.49. The van der Waals surface area contributed by atoms with Crippen LogP contribution in [0, 0.1) is 5.41 Å². The molecule has 5 nitrogen and oxygen atoms in total. The number of ether oxygens (including phenoxy) is 2. The summed E-state index contributed by atoms with van der Waals surface area (Å²) in [6.45, 7) is 3.41. The molecule has 0 aliphatic heterocycles. The zero-order chi connectivity index (χ0) is 17.6. The summed E-state index contributed by atoms with van der Waals surface area (Å²) >= 11 is 0. The van der Waals surface area contributed by atoms with Crippen LogP contribution in [0.25, 0.3) is 0 Å². The van der Waals surface area contributed by atoms with E-state index in [-0.39, 0.29) is 17.5 Å². The minimum atomic E-state index is -0.0484. The summed E-state index contributed by atoms with van der Waals surface area (Å²) in [4.78, 5) is 14.3. The van der Waals surface area contributed by atoms with Gasteiger partial charge < -0.3 is 19.7 Å². The third-order valence-electron chi connectivity index (χ3n) is 5.21. The smallest absolute Gasteiger partial charge is 0.317 e. The number of nitrogens with zero attached hydrogens (tertiary/aromatic N) is 1. The second kappa shape index (κ2) is 8.38. The van der Waals surface area contributed by atoms with E-state index < -0.39 is 0 Å². The van der Waals surface area contributed by atoms with Crippen LogP contribution in [0.4, 0.5) is 4.79 Å². The summed E-state index contributed by atoms with van der Waals surface area (Å²) in [7, 11) is 5.22. The zero-order valence-electron chi connectivity index (χ0n) is 15.3. The lowest BCUT2D eigenvalue weighted by molar-refractivity contribution is 0.0824. The van der Waals surface area contributed by atoms with Gasteiger partial charge in [0.05, 0.1) is 19.8 Å². The summed E-state index contributed by atoms with van der Waals surface area (Å²) in [6.07, 6.45) is 4.68. The average Bonchev–Trinajstić information content (AvgIpc) is 3.07. The largest absolute Gasteiger partial charge is 0.497 e. The lowest BCUT2D eigenvalue weighted by Gasteiger charge is -2.31. The van der Waals surface area contributed by atoms with Crippen molar-refractivity contribution in [1.82, 2.24) is 10.2 Å². The number of benzene rings is 1. The highest BCUT2D eigenvalue weighted by atomic mass is 16.5. The van der Waals surface area contributed by atoms with E-state index in [4.69, 9.17) is 9.47 Å². The molecule has 24 heavy (non-hydrogen) atoms. The first-order valence-corrected chi connectivity index (χ1v) is 8.65. The number of hydrogen-bond acceptors (Lipinski definition) is 3. The quantitative estimate of drug-likeness (QED) is 0.829. The Morgan fingerprint density at radius 1 is 1.33 bits per heavy atom. The van der Waals surface area contributed by atoms with Crippen LogP contribution in [0.5, 0.6) is 5.75 Å². The van der Waals surface area contributed by atoms with E-state index in [1.165, 1.54) is 12.8 Å². The van der Waals surface area contributed by atoms with E-state index in [1.807, 2.05) is 38.2 Å². The number of amides is 2. The van der Waals surface area contributed by atoms with Gasteiger partial charge in [0, 0.05) is 26.1 Å². The zero-order valence-corrected chi connectivity index (χ0v) is 15.3. The Bertz CT molecular complexity index is 541. The van der Waals surface area contributed by atoms with Crippen LogP contribution in [0.2, 0.25) is 0 Å². The van der Waals surface area contributed by atoms with Gasteiger partial charge in [-0.25, -0.2) is 4.79 Å². The maximum atomic E-state index is 12.6. The number of hydrogen-bond donors (Lipinski definition) is 1. The summed E-state index contributed by atoms with van der Waals surface area (Å²) in [5.74, 6) is 0.804. The van der Waals surface area contributed by atoms with Crippen molar-refractivity contribution in [3.8, 4) is 5.75 Å². The highest BCUT2D eigenvalue weighted by molar-refractivity contribution is 5.74. The first-order chi connectivity index (χ1) is 11.5. The fourth-order valence-corrected chi connectivity index (χ4v) is 3.49. The molecule has 2 rings (SSSR count). The number of methoxy groups -OCH3 is 2. The molecule has 0 saturated heterocycles. The van der Waals surface area contributed by atoms with Crippen LogP contribution < -0.4 is 10.1 Å². The van der Waals surface area contributed by atoms with Crippen LogP contribution >= 0.6 is 0 Å². The van der Waals surface area contributed by atoms with E-state index in [1.54, 1.807) is 19.1 Å². The number of urea groups is 1. The Kier molecular flexibility index (Phi) is 6.49. The van der Waals surface area contributed by atoms with Crippen molar-refractivity contribution in [3.05, 3.63) is 29.8 Å². The normalized spacial score (nSPS) is 17.3. The molecule has 5 heteroatoms. The molecule has 134 valence electrons. The summed E-state index contributed by atoms with van der Waals surface area (Å²) < 4.78 is 10.7. The van der Waals surface area contributed by atoms with Gasteiger partial charge in [-0.05, 0) is 37.5 Å². The minimum Gasteiger partial charge on any atom is -0.497 e. The average molecular weight is 334 g/mol. The molecule has 0 aromatic heterocycles. The predicted molar refractivity (Wildman–Crippen MR) is 95.3 cm³/mol. The molecule has 1 aliphatic rings. The number of rotatable bonds is 7. The van der Waals surface area contributed by atoms with Gasteiger partial charge >= 0.3 is 6.03 Å². The van der Waals surface area contributed by atoms with Crippen molar-refractivity contribution >= 4 is 6.03 Å². The Labute approximate surface area is 145 Å². The molecular weight excluding hydrogens is 304 g/mol. The first-order valence-electron chi connectivity index (χ1n) is 8.65. The van der Waals surface area contributed by atoms with Gasteiger partial charge in [-0.15, -0.1) is 0 Å². The van der Waals surface area contributed by atoms with Gasteiger partial charge in [0.2, 0.25) is 0 Å². The SMILES string of the molecule is COCC1(CNC(=O)N(C)C(C)c2cccc(OC)c2)CCCC1. The lowest BCUT2D eigenvalue weighted by atomic mass is 9.87. The van der Waals surface area contributed by atoms with E-state index in [2.05, 4.69) is 5.32 Å². The van der Waals surface area contributed by atoms with E-state index >= 15 is 0 Å². The molecule has 1 aromatic carbocycles. The number of carbonyl (C=O) groups is 1. The molecule has 1 N–H and O–H groups in total. The predicted octanol–water partition coefficient (Wildman–Crippen LogP) is 3.60. The third kappa shape index (κ3) is 4.41. The van der Waals surface area contributed by atoms with Crippen molar-refractivity contribution in [2.45, 2.75) is 38.6 Å². The van der Waals surface area contributed by atoms with Crippen molar-refractivity contribution in [3.63, 3.8) is 0 Å². The van der Waals surface area contributed by atoms with Crippen molar-refractivity contribution in [1.29, 1.82) is 0 Å². The molecule has 1 aliphatic carbocycles. The summed E-state index contributed by atoms with van der Waals surface area (Å²) in [5, 5.41) is 3.11. The van der Waals surface area contributed by atoms with Gasteiger partial charge in [0.1, 0.15) is 5.75 Å².